The van der Waals surface area contributed by atoms with Gasteiger partial charge in [0.05, 0.1) is 11.5 Å². The molecule has 2 aliphatic heterocycles. The summed E-state index contributed by atoms with van der Waals surface area (Å²) in [5.41, 5.74) is 1.16. The Morgan fingerprint density at radius 1 is 1.18 bits per heavy atom. The third-order valence-electron chi connectivity index (χ3n) is 4.74. The van der Waals surface area contributed by atoms with Gasteiger partial charge in [-0.15, -0.1) is 0 Å². The molecule has 0 radical (unpaired) electrons. The normalized spacial score (nSPS) is 26.9. The van der Waals surface area contributed by atoms with Crippen molar-refractivity contribution in [3.8, 4) is 0 Å². The van der Waals surface area contributed by atoms with Gasteiger partial charge in [-0.3, -0.25) is 4.90 Å². The second kappa shape index (κ2) is 6.87. The Morgan fingerprint density at radius 3 is 2.55 bits per heavy atom. The smallest absolute Gasteiger partial charge is 0.153 e. The van der Waals surface area contributed by atoms with E-state index in [0.29, 0.717) is 18.3 Å². The zero-order valence-electron chi connectivity index (χ0n) is 12.7. The van der Waals surface area contributed by atoms with E-state index in [1.807, 2.05) is 24.3 Å². The van der Waals surface area contributed by atoms with Crippen molar-refractivity contribution < 1.29 is 8.42 Å². The molecular formula is C16H23ClN2O2S. The first kappa shape index (κ1) is 16.2. The third-order valence-corrected chi connectivity index (χ3v) is 6.69. The summed E-state index contributed by atoms with van der Waals surface area (Å²) in [5.74, 6) is 0.577. The second-order valence-corrected chi connectivity index (χ2v) is 8.98. The van der Waals surface area contributed by atoms with E-state index in [1.54, 1.807) is 0 Å². The Hall–Kier alpha value is -0.620. The molecule has 1 atom stereocenters. The largest absolute Gasteiger partial charge is 0.317 e. The molecule has 0 aliphatic carbocycles. The zero-order chi connectivity index (χ0) is 15.6. The number of nitrogens with zero attached hydrogens (tertiary/aromatic N) is 1. The van der Waals surface area contributed by atoms with Crippen LogP contribution < -0.4 is 5.32 Å². The summed E-state index contributed by atoms with van der Waals surface area (Å²) in [6, 6.07) is 8.36. The summed E-state index contributed by atoms with van der Waals surface area (Å²) < 4.78 is 24.1. The molecule has 1 N–H and O–H groups in total. The topological polar surface area (TPSA) is 49.4 Å². The van der Waals surface area contributed by atoms with E-state index < -0.39 is 9.84 Å². The van der Waals surface area contributed by atoms with Gasteiger partial charge in [-0.25, -0.2) is 8.42 Å². The molecule has 1 unspecified atom stereocenters. The highest BCUT2D eigenvalue weighted by Gasteiger charge is 2.35. The maximum atomic E-state index is 12.1. The first-order chi connectivity index (χ1) is 10.5. The first-order valence-electron chi connectivity index (χ1n) is 7.95. The van der Waals surface area contributed by atoms with Crippen LogP contribution in [0.15, 0.2) is 24.3 Å². The molecule has 22 heavy (non-hydrogen) atoms. The molecule has 1 aromatic rings. The van der Waals surface area contributed by atoms with Crippen LogP contribution in [0.4, 0.5) is 0 Å². The minimum absolute atomic E-state index is 0.0861. The van der Waals surface area contributed by atoms with Gasteiger partial charge >= 0.3 is 0 Å². The lowest BCUT2D eigenvalue weighted by Crippen LogP contribution is -2.56. The molecule has 0 saturated carbocycles. The number of hydrogen-bond acceptors (Lipinski definition) is 4. The van der Waals surface area contributed by atoms with E-state index in [-0.39, 0.29) is 11.8 Å². The number of piperidine rings is 1. The lowest BCUT2D eigenvalue weighted by molar-refractivity contribution is 0.120. The maximum absolute atomic E-state index is 12.1. The summed E-state index contributed by atoms with van der Waals surface area (Å²) in [7, 11) is -2.92. The predicted octanol–water partition coefficient (Wildman–Crippen LogP) is 1.73. The van der Waals surface area contributed by atoms with E-state index in [1.165, 1.54) is 0 Å². The minimum atomic E-state index is -2.92. The van der Waals surface area contributed by atoms with Crippen LogP contribution in [0.3, 0.4) is 0 Å². The monoisotopic (exact) mass is 342 g/mol. The fourth-order valence-corrected chi connectivity index (χ4v) is 5.26. The van der Waals surface area contributed by atoms with Gasteiger partial charge in [0.1, 0.15) is 0 Å². The SMILES string of the molecule is O=S1(=O)CCN(C2CCNCC2)C(Cc2ccc(Cl)cc2)C1. The molecule has 0 amide bonds. The van der Waals surface area contributed by atoms with E-state index in [0.717, 1.165) is 42.9 Å². The van der Waals surface area contributed by atoms with Crippen molar-refractivity contribution in [3.63, 3.8) is 0 Å². The quantitative estimate of drug-likeness (QED) is 0.909. The Balaban J connectivity index is 1.76. The molecule has 0 bridgehead atoms. The van der Waals surface area contributed by atoms with Gasteiger partial charge in [-0.1, -0.05) is 23.7 Å². The van der Waals surface area contributed by atoms with Crippen molar-refractivity contribution in [1.82, 2.24) is 10.2 Å². The minimum Gasteiger partial charge on any atom is -0.317 e. The number of halogens is 1. The van der Waals surface area contributed by atoms with Gasteiger partial charge < -0.3 is 5.32 Å². The molecule has 2 saturated heterocycles. The number of sulfone groups is 1. The van der Waals surface area contributed by atoms with Crippen LogP contribution >= 0.6 is 11.6 Å². The maximum Gasteiger partial charge on any atom is 0.153 e. The fraction of sp³-hybridized carbons (Fsp3) is 0.625. The van der Waals surface area contributed by atoms with E-state index in [4.69, 9.17) is 11.6 Å². The van der Waals surface area contributed by atoms with Gasteiger partial charge in [0.15, 0.2) is 9.84 Å². The van der Waals surface area contributed by atoms with Gasteiger partial charge in [-0.2, -0.15) is 0 Å². The molecule has 2 aliphatic rings. The van der Waals surface area contributed by atoms with Crippen molar-refractivity contribution in [1.29, 1.82) is 0 Å². The number of hydrogen-bond donors (Lipinski definition) is 1. The van der Waals surface area contributed by atoms with Gasteiger partial charge in [0.25, 0.3) is 0 Å². The van der Waals surface area contributed by atoms with Gasteiger partial charge in [0, 0.05) is 23.7 Å². The van der Waals surface area contributed by atoms with Crippen molar-refractivity contribution in [3.05, 3.63) is 34.9 Å². The van der Waals surface area contributed by atoms with Crippen molar-refractivity contribution >= 4 is 21.4 Å². The number of benzene rings is 1. The highest BCUT2D eigenvalue weighted by molar-refractivity contribution is 7.91. The molecule has 0 spiro atoms. The second-order valence-electron chi connectivity index (χ2n) is 6.32. The molecule has 4 nitrogen and oxygen atoms in total. The molecule has 3 rings (SSSR count). The number of nitrogens with one attached hydrogen (secondary N) is 1. The van der Waals surface area contributed by atoms with Crippen LogP contribution in [0.25, 0.3) is 0 Å². The van der Waals surface area contributed by atoms with Crippen LogP contribution in [0.2, 0.25) is 5.02 Å². The zero-order valence-corrected chi connectivity index (χ0v) is 14.2. The van der Waals surface area contributed by atoms with Crippen LogP contribution in [-0.2, 0) is 16.3 Å². The van der Waals surface area contributed by atoms with Crippen LogP contribution in [0, 0.1) is 0 Å². The summed E-state index contributed by atoms with van der Waals surface area (Å²) in [6.45, 7) is 2.73. The van der Waals surface area contributed by atoms with Crippen LogP contribution in [0.1, 0.15) is 18.4 Å². The molecule has 122 valence electrons. The molecule has 2 heterocycles. The standard InChI is InChI=1S/C16H23ClN2O2S/c17-14-3-1-13(2-4-14)11-16-12-22(20,21)10-9-19(16)15-5-7-18-8-6-15/h1-4,15-16,18H,5-12H2. The van der Waals surface area contributed by atoms with Gasteiger partial charge in [0.2, 0.25) is 0 Å². The lowest BCUT2D eigenvalue weighted by atomic mass is 9.99. The third kappa shape index (κ3) is 4.02. The Labute approximate surface area is 137 Å². The average molecular weight is 343 g/mol. The van der Waals surface area contributed by atoms with Gasteiger partial charge in [-0.05, 0) is 50.0 Å². The Kier molecular flexibility index (Phi) is 5.07. The summed E-state index contributed by atoms with van der Waals surface area (Å²) in [4.78, 5) is 2.44. The molecule has 0 aromatic heterocycles. The van der Waals surface area contributed by atoms with E-state index in [9.17, 15) is 8.42 Å². The molecular weight excluding hydrogens is 320 g/mol. The first-order valence-corrected chi connectivity index (χ1v) is 10.1. The van der Waals surface area contributed by atoms with Crippen molar-refractivity contribution in [2.24, 2.45) is 0 Å². The molecule has 6 heteroatoms. The summed E-state index contributed by atoms with van der Waals surface area (Å²) >= 11 is 5.94. The van der Waals surface area contributed by atoms with E-state index in [2.05, 4.69) is 10.2 Å². The fourth-order valence-electron chi connectivity index (χ4n) is 3.59. The number of rotatable bonds is 3. The lowest BCUT2D eigenvalue weighted by Gasteiger charge is -2.42. The Morgan fingerprint density at radius 2 is 1.86 bits per heavy atom. The van der Waals surface area contributed by atoms with Crippen molar-refractivity contribution in [2.45, 2.75) is 31.3 Å². The summed E-state index contributed by atoms with van der Waals surface area (Å²) in [6.07, 6.45) is 2.99. The predicted molar refractivity (Wildman–Crippen MR) is 90.2 cm³/mol. The van der Waals surface area contributed by atoms with Crippen LogP contribution in [0.5, 0.6) is 0 Å². The summed E-state index contributed by atoms with van der Waals surface area (Å²) in [5, 5.41) is 4.10. The average Bonchev–Trinajstić information content (AvgIpc) is 2.50. The molecule has 1 aromatic carbocycles. The molecule has 2 fully saturated rings. The van der Waals surface area contributed by atoms with Crippen LogP contribution in [-0.4, -0.2) is 56.5 Å². The van der Waals surface area contributed by atoms with Crippen molar-refractivity contribution in [2.75, 3.05) is 31.1 Å². The van der Waals surface area contributed by atoms with E-state index >= 15 is 0 Å². The highest BCUT2D eigenvalue weighted by Crippen LogP contribution is 2.23. The highest BCUT2D eigenvalue weighted by atomic mass is 35.5. The Bertz CT molecular complexity index is 597.